The Morgan fingerprint density at radius 3 is 2.62 bits per heavy atom. The molecule has 1 aliphatic heterocycles. The molecule has 0 spiro atoms. The normalized spacial score (nSPS) is 13.5. The van der Waals surface area contributed by atoms with Gasteiger partial charge in [0, 0.05) is 29.8 Å². The van der Waals surface area contributed by atoms with E-state index in [2.05, 4.69) is 10.5 Å². The number of hydrogen-bond acceptors (Lipinski definition) is 5. The van der Waals surface area contributed by atoms with Gasteiger partial charge in [0.1, 0.15) is 0 Å². The average Bonchev–Trinajstić information content (AvgIpc) is 2.81. The molecule has 2 aromatic rings. The first-order valence-electron chi connectivity index (χ1n) is 7.30. The van der Waals surface area contributed by atoms with Gasteiger partial charge < -0.3 is 0 Å². The molecule has 7 nitrogen and oxygen atoms in total. The number of nitro benzene ring substituents is 1. The molecule has 8 heteroatoms. The maximum absolute atomic E-state index is 10.8. The van der Waals surface area contributed by atoms with Crippen molar-refractivity contribution in [3.63, 3.8) is 0 Å². The van der Waals surface area contributed by atoms with Crippen LogP contribution in [0.25, 0.3) is 0 Å². The summed E-state index contributed by atoms with van der Waals surface area (Å²) in [5, 5.41) is 17.4. The number of nitrogens with zero attached hydrogens (tertiary/aromatic N) is 3. The molecule has 122 valence electrons. The van der Waals surface area contributed by atoms with Gasteiger partial charge in [-0.2, -0.15) is 5.10 Å². The van der Waals surface area contributed by atoms with E-state index >= 15 is 0 Å². The Morgan fingerprint density at radius 1 is 1.25 bits per heavy atom. The number of hydrazine groups is 1. The van der Waals surface area contributed by atoms with Gasteiger partial charge >= 0.3 is 0 Å². The van der Waals surface area contributed by atoms with Crippen molar-refractivity contribution >= 4 is 28.7 Å². The number of hydrogen-bond donors (Lipinski definition) is 2. The number of rotatable bonds is 2. The summed E-state index contributed by atoms with van der Waals surface area (Å²) < 4.78 is 0. The van der Waals surface area contributed by atoms with Gasteiger partial charge in [-0.1, -0.05) is 24.3 Å². The highest BCUT2D eigenvalue weighted by Gasteiger charge is 2.20. The molecule has 0 radical (unpaired) electrons. The molecule has 0 saturated carbocycles. The highest BCUT2D eigenvalue weighted by Crippen LogP contribution is 2.22. The van der Waals surface area contributed by atoms with E-state index in [-0.39, 0.29) is 5.69 Å². The van der Waals surface area contributed by atoms with Crippen molar-refractivity contribution in [2.75, 3.05) is 6.54 Å². The molecule has 1 heterocycles. The molecular weight excluding hydrogens is 326 g/mol. The SMILES string of the molecule is NNC(=S)N1CCc2ccccc2C(c2ccc([N+](=O)[O-])cc2)=N1. The predicted octanol–water partition coefficient (Wildman–Crippen LogP) is 1.95. The van der Waals surface area contributed by atoms with Crippen LogP contribution in [0.2, 0.25) is 0 Å². The van der Waals surface area contributed by atoms with Crippen LogP contribution in [0.15, 0.2) is 53.6 Å². The highest BCUT2D eigenvalue weighted by atomic mass is 32.1. The Bertz CT molecular complexity index is 819. The molecule has 0 aromatic heterocycles. The van der Waals surface area contributed by atoms with E-state index in [1.54, 1.807) is 17.1 Å². The number of nitro groups is 1. The largest absolute Gasteiger partial charge is 0.299 e. The van der Waals surface area contributed by atoms with Gasteiger partial charge in [-0.25, -0.2) is 10.9 Å². The monoisotopic (exact) mass is 341 g/mol. The van der Waals surface area contributed by atoms with Gasteiger partial charge in [0.15, 0.2) is 0 Å². The molecule has 1 aliphatic rings. The van der Waals surface area contributed by atoms with E-state index in [1.165, 1.54) is 12.1 Å². The Morgan fingerprint density at radius 2 is 1.96 bits per heavy atom. The fraction of sp³-hybridized carbons (Fsp3) is 0.125. The lowest BCUT2D eigenvalue weighted by Crippen LogP contribution is -2.41. The van der Waals surface area contributed by atoms with Gasteiger partial charge in [-0.3, -0.25) is 15.5 Å². The summed E-state index contributed by atoms with van der Waals surface area (Å²) in [6.07, 6.45) is 0.762. The van der Waals surface area contributed by atoms with Crippen LogP contribution in [-0.4, -0.2) is 27.3 Å². The summed E-state index contributed by atoms with van der Waals surface area (Å²) in [4.78, 5) is 10.4. The van der Waals surface area contributed by atoms with Gasteiger partial charge in [0.25, 0.3) is 5.69 Å². The second-order valence-electron chi connectivity index (χ2n) is 5.23. The molecule has 0 bridgehead atoms. The molecule has 0 amide bonds. The zero-order valence-electron chi connectivity index (χ0n) is 12.7. The summed E-state index contributed by atoms with van der Waals surface area (Å²) in [6.45, 7) is 0.594. The topological polar surface area (TPSA) is 96.8 Å². The van der Waals surface area contributed by atoms with Crippen molar-refractivity contribution in [3.05, 3.63) is 75.3 Å². The highest BCUT2D eigenvalue weighted by molar-refractivity contribution is 7.80. The number of benzene rings is 2. The van der Waals surface area contributed by atoms with E-state index in [1.807, 2.05) is 24.3 Å². The lowest BCUT2D eigenvalue weighted by Gasteiger charge is -2.18. The second kappa shape index (κ2) is 6.73. The minimum absolute atomic E-state index is 0.0391. The number of fused-ring (bicyclic) bond motifs is 1. The first-order chi connectivity index (χ1) is 11.6. The maximum atomic E-state index is 10.8. The van der Waals surface area contributed by atoms with Gasteiger partial charge in [0.05, 0.1) is 10.6 Å². The Balaban J connectivity index is 2.10. The minimum atomic E-state index is -0.424. The summed E-state index contributed by atoms with van der Waals surface area (Å²) in [6, 6.07) is 14.3. The third-order valence-corrected chi connectivity index (χ3v) is 4.12. The number of hydrazone groups is 1. The number of thiocarbonyl (C=S) groups is 1. The first-order valence-corrected chi connectivity index (χ1v) is 7.71. The van der Waals surface area contributed by atoms with E-state index in [9.17, 15) is 10.1 Å². The van der Waals surface area contributed by atoms with Crippen molar-refractivity contribution in [1.82, 2.24) is 10.4 Å². The maximum Gasteiger partial charge on any atom is 0.269 e. The van der Waals surface area contributed by atoms with Crippen LogP contribution in [0.5, 0.6) is 0 Å². The predicted molar refractivity (Wildman–Crippen MR) is 95.5 cm³/mol. The van der Waals surface area contributed by atoms with Crippen LogP contribution in [0, 0.1) is 10.1 Å². The van der Waals surface area contributed by atoms with Crippen molar-refractivity contribution in [3.8, 4) is 0 Å². The molecule has 0 fully saturated rings. The zero-order valence-corrected chi connectivity index (χ0v) is 13.5. The molecule has 24 heavy (non-hydrogen) atoms. The molecule has 0 unspecified atom stereocenters. The number of nitrogens with two attached hydrogens (primary N) is 1. The van der Waals surface area contributed by atoms with E-state index < -0.39 is 4.92 Å². The molecule has 3 rings (SSSR count). The quantitative estimate of drug-likeness (QED) is 0.375. The minimum Gasteiger partial charge on any atom is -0.299 e. The summed E-state index contributed by atoms with van der Waals surface area (Å²) in [5.41, 5.74) is 6.08. The molecule has 2 aromatic carbocycles. The molecule has 3 N–H and O–H groups in total. The van der Waals surface area contributed by atoms with Crippen molar-refractivity contribution < 1.29 is 4.92 Å². The Hall–Kier alpha value is -2.84. The van der Waals surface area contributed by atoms with Crippen LogP contribution in [0.3, 0.4) is 0 Å². The Kier molecular flexibility index (Phi) is 4.50. The van der Waals surface area contributed by atoms with Gasteiger partial charge in [-0.15, -0.1) is 0 Å². The average molecular weight is 341 g/mol. The molecule has 0 aliphatic carbocycles. The summed E-state index contributed by atoms with van der Waals surface area (Å²) >= 11 is 5.20. The third kappa shape index (κ3) is 3.10. The lowest BCUT2D eigenvalue weighted by atomic mass is 9.96. The van der Waals surface area contributed by atoms with Crippen LogP contribution in [0.1, 0.15) is 16.7 Å². The van der Waals surface area contributed by atoms with E-state index in [0.717, 1.165) is 23.1 Å². The smallest absolute Gasteiger partial charge is 0.269 e. The van der Waals surface area contributed by atoms with Crippen molar-refractivity contribution in [2.45, 2.75) is 6.42 Å². The summed E-state index contributed by atoms with van der Waals surface area (Å²) in [7, 11) is 0. The summed E-state index contributed by atoms with van der Waals surface area (Å²) in [5.74, 6) is 5.42. The van der Waals surface area contributed by atoms with Crippen LogP contribution in [-0.2, 0) is 6.42 Å². The second-order valence-corrected chi connectivity index (χ2v) is 5.62. The number of non-ortho nitro benzene ring substituents is 1. The van der Waals surface area contributed by atoms with Crippen LogP contribution in [0.4, 0.5) is 5.69 Å². The van der Waals surface area contributed by atoms with Crippen LogP contribution >= 0.6 is 12.2 Å². The van der Waals surface area contributed by atoms with E-state index in [4.69, 9.17) is 18.1 Å². The first kappa shape index (κ1) is 16.0. The molecular formula is C16H15N5O2S. The zero-order chi connectivity index (χ0) is 17.1. The third-order valence-electron chi connectivity index (χ3n) is 3.80. The fourth-order valence-corrected chi connectivity index (χ4v) is 2.73. The van der Waals surface area contributed by atoms with Crippen molar-refractivity contribution in [2.24, 2.45) is 10.9 Å². The number of nitrogens with one attached hydrogen (secondary N) is 1. The standard InChI is InChI=1S/C16H15N5O2S/c17-18-16(24)20-10-9-11-3-1-2-4-14(11)15(19-20)12-5-7-13(8-6-12)21(22)23/h1-8H,9-10,17H2,(H,18,24). The lowest BCUT2D eigenvalue weighted by molar-refractivity contribution is -0.384. The fourth-order valence-electron chi connectivity index (χ4n) is 2.60. The Labute approximate surface area is 143 Å². The van der Waals surface area contributed by atoms with Gasteiger partial charge in [-0.05, 0) is 36.3 Å². The molecule has 0 atom stereocenters. The van der Waals surface area contributed by atoms with Crippen LogP contribution < -0.4 is 11.3 Å². The molecule has 0 saturated heterocycles. The van der Waals surface area contributed by atoms with Crippen molar-refractivity contribution in [1.29, 1.82) is 0 Å². The van der Waals surface area contributed by atoms with Gasteiger partial charge in [0.2, 0.25) is 5.11 Å². The van der Waals surface area contributed by atoms with E-state index in [0.29, 0.717) is 17.4 Å².